The van der Waals surface area contributed by atoms with Gasteiger partial charge in [0.05, 0.1) is 6.61 Å². The summed E-state index contributed by atoms with van der Waals surface area (Å²) in [4.78, 5) is 15.7. The number of aliphatic imine (C=N–C) groups is 1. The van der Waals surface area contributed by atoms with Gasteiger partial charge in [0, 0.05) is 39.0 Å². The summed E-state index contributed by atoms with van der Waals surface area (Å²) in [7, 11) is 1.68. The first-order valence-electron chi connectivity index (χ1n) is 8.08. The van der Waals surface area contributed by atoms with Gasteiger partial charge in [0.15, 0.2) is 5.96 Å². The third kappa shape index (κ3) is 9.07. The SMILES string of the molecule is CCCNC(=O)CCNC(=NC)NCC(CO)c1ccccc1.I. The van der Waals surface area contributed by atoms with E-state index in [9.17, 15) is 9.90 Å². The third-order valence-electron chi connectivity index (χ3n) is 3.45. The lowest BCUT2D eigenvalue weighted by Crippen LogP contribution is -2.41. The molecule has 0 saturated carbocycles. The zero-order chi connectivity index (χ0) is 16.9. The van der Waals surface area contributed by atoms with Gasteiger partial charge in [-0.05, 0) is 12.0 Å². The summed E-state index contributed by atoms with van der Waals surface area (Å²) in [6.07, 6.45) is 1.34. The molecule has 0 aliphatic carbocycles. The molecule has 1 unspecified atom stereocenters. The van der Waals surface area contributed by atoms with Crippen LogP contribution in [0.2, 0.25) is 0 Å². The molecule has 4 N–H and O–H groups in total. The number of hydrogen-bond donors (Lipinski definition) is 4. The maximum absolute atomic E-state index is 11.5. The minimum Gasteiger partial charge on any atom is -0.396 e. The molecule has 1 rings (SSSR count). The molecule has 1 aromatic rings. The number of nitrogens with one attached hydrogen (secondary N) is 3. The van der Waals surface area contributed by atoms with Crippen molar-refractivity contribution in [3.8, 4) is 0 Å². The third-order valence-corrected chi connectivity index (χ3v) is 3.45. The largest absolute Gasteiger partial charge is 0.396 e. The standard InChI is InChI=1S/C17H28N4O2.HI/c1-3-10-19-16(23)9-11-20-17(18-2)21-12-15(13-22)14-7-5-4-6-8-14;/h4-8,15,22H,3,9-13H2,1-2H3,(H,19,23)(H2,18,20,21);1H. The van der Waals surface area contributed by atoms with E-state index in [2.05, 4.69) is 20.9 Å². The summed E-state index contributed by atoms with van der Waals surface area (Å²) in [5.41, 5.74) is 1.08. The molecular formula is C17H29IN4O2. The maximum Gasteiger partial charge on any atom is 0.221 e. The van der Waals surface area contributed by atoms with E-state index in [0.717, 1.165) is 12.0 Å². The molecule has 1 amide bonds. The number of guanidine groups is 1. The van der Waals surface area contributed by atoms with Crippen LogP contribution in [0.15, 0.2) is 35.3 Å². The molecule has 0 aliphatic rings. The number of aliphatic hydroxyl groups excluding tert-OH is 1. The van der Waals surface area contributed by atoms with Gasteiger partial charge in [0.25, 0.3) is 0 Å². The second-order valence-electron chi connectivity index (χ2n) is 5.27. The Morgan fingerprint density at radius 3 is 2.46 bits per heavy atom. The Morgan fingerprint density at radius 1 is 1.17 bits per heavy atom. The zero-order valence-corrected chi connectivity index (χ0v) is 16.7. The van der Waals surface area contributed by atoms with Crippen LogP contribution in [0.1, 0.15) is 31.2 Å². The van der Waals surface area contributed by atoms with Crippen LogP contribution in [-0.2, 0) is 4.79 Å². The molecule has 6 nitrogen and oxygen atoms in total. The highest BCUT2D eigenvalue weighted by Crippen LogP contribution is 2.13. The summed E-state index contributed by atoms with van der Waals surface area (Å²) in [5.74, 6) is 0.664. The van der Waals surface area contributed by atoms with E-state index < -0.39 is 0 Å². The Morgan fingerprint density at radius 2 is 1.88 bits per heavy atom. The smallest absolute Gasteiger partial charge is 0.221 e. The number of nitrogens with zero attached hydrogens (tertiary/aromatic N) is 1. The van der Waals surface area contributed by atoms with Gasteiger partial charge < -0.3 is 21.1 Å². The highest BCUT2D eigenvalue weighted by molar-refractivity contribution is 14.0. The average Bonchev–Trinajstić information content (AvgIpc) is 2.59. The van der Waals surface area contributed by atoms with Gasteiger partial charge in [-0.25, -0.2) is 0 Å². The molecule has 0 fully saturated rings. The molecule has 0 saturated heterocycles. The monoisotopic (exact) mass is 448 g/mol. The normalized spacial score (nSPS) is 12.0. The minimum absolute atomic E-state index is 0. The Kier molecular flexibility index (Phi) is 13.2. The minimum atomic E-state index is 0. The van der Waals surface area contributed by atoms with Crippen LogP contribution in [0.4, 0.5) is 0 Å². The van der Waals surface area contributed by atoms with E-state index >= 15 is 0 Å². The fourth-order valence-corrected chi connectivity index (χ4v) is 2.10. The van der Waals surface area contributed by atoms with Crippen molar-refractivity contribution in [3.63, 3.8) is 0 Å². The topological polar surface area (TPSA) is 85.8 Å². The van der Waals surface area contributed by atoms with Crippen LogP contribution in [0.5, 0.6) is 0 Å². The summed E-state index contributed by atoms with van der Waals surface area (Å²) in [5, 5.41) is 18.7. The van der Waals surface area contributed by atoms with E-state index in [0.29, 0.717) is 32.0 Å². The number of carbonyl (C=O) groups excluding carboxylic acids is 1. The second-order valence-corrected chi connectivity index (χ2v) is 5.27. The van der Waals surface area contributed by atoms with Gasteiger partial charge in [0.2, 0.25) is 5.91 Å². The number of hydrogen-bond acceptors (Lipinski definition) is 3. The first-order valence-corrected chi connectivity index (χ1v) is 8.08. The second kappa shape index (κ2) is 14.0. The van der Waals surface area contributed by atoms with Crippen molar-refractivity contribution in [1.29, 1.82) is 0 Å². The number of benzene rings is 1. The lowest BCUT2D eigenvalue weighted by atomic mass is 10.0. The summed E-state index contributed by atoms with van der Waals surface area (Å²) in [6, 6.07) is 9.86. The molecule has 136 valence electrons. The van der Waals surface area contributed by atoms with Crippen molar-refractivity contribution in [2.24, 2.45) is 4.99 Å². The molecule has 24 heavy (non-hydrogen) atoms. The van der Waals surface area contributed by atoms with E-state index in [-0.39, 0.29) is 42.4 Å². The molecule has 0 heterocycles. The molecular weight excluding hydrogens is 419 g/mol. The molecule has 7 heteroatoms. The first kappa shape index (κ1) is 22.6. The molecule has 0 radical (unpaired) electrons. The van der Waals surface area contributed by atoms with Gasteiger partial charge >= 0.3 is 0 Å². The lowest BCUT2D eigenvalue weighted by molar-refractivity contribution is -0.120. The molecule has 1 atom stereocenters. The van der Waals surface area contributed by atoms with Gasteiger partial charge in [0.1, 0.15) is 0 Å². The Hall–Kier alpha value is -1.35. The fourth-order valence-electron chi connectivity index (χ4n) is 2.10. The van der Waals surface area contributed by atoms with E-state index in [1.807, 2.05) is 37.3 Å². The number of aliphatic hydroxyl groups is 1. The van der Waals surface area contributed by atoms with Crippen molar-refractivity contribution in [2.45, 2.75) is 25.7 Å². The van der Waals surface area contributed by atoms with Crippen molar-refractivity contribution in [3.05, 3.63) is 35.9 Å². The van der Waals surface area contributed by atoms with Gasteiger partial charge in [-0.1, -0.05) is 37.3 Å². The van der Waals surface area contributed by atoms with Crippen LogP contribution >= 0.6 is 24.0 Å². The van der Waals surface area contributed by atoms with Gasteiger partial charge in [-0.3, -0.25) is 9.79 Å². The predicted molar refractivity (Wildman–Crippen MR) is 109 cm³/mol. The highest BCUT2D eigenvalue weighted by atomic mass is 127. The van der Waals surface area contributed by atoms with E-state index in [1.54, 1.807) is 7.05 Å². The van der Waals surface area contributed by atoms with Crippen LogP contribution in [0.25, 0.3) is 0 Å². The molecule has 0 spiro atoms. The number of rotatable bonds is 9. The van der Waals surface area contributed by atoms with Crippen molar-refractivity contribution < 1.29 is 9.90 Å². The number of amides is 1. The van der Waals surface area contributed by atoms with E-state index in [4.69, 9.17) is 0 Å². The van der Waals surface area contributed by atoms with Crippen molar-refractivity contribution in [1.82, 2.24) is 16.0 Å². The molecule has 0 aliphatic heterocycles. The summed E-state index contributed by atoms with van der Waals surface area (Å²) >= 11 is 0. The van der Waals surface area contributed by atoms with Crippen LogP contribution in [0, 0.1) is 0 Å². The number of carbonyl (C=O) groups is 1. The van der Waals surface area contributed by atoms with Crippen molar-refractivity contribution >= 4 is 35.8 Å². The lowest BCUT2D eigenvalue weighted by Gasteiger charge is -2.18. The number of halogens is 1. The zero-order valence-electron chi connectivity index (χ0n) is 14.4. The first-order chi connectivity index (χ1) is 11.2. The van der Waals surface area contributed by atoms with E-state index in [1.165, 1.54) is 0 Å². The van der Waals surface area contributed by atoms with Gasteiger partial charge in [-0.15, -0.1) is 24.0 Å². The Labute approximate surface area is 161 Å². The maximum atomic E-state index is 11.5. The predicted octanol–water partition coefficient (Wildman–Crippen LogP) is 1.46. The Bertz CT molecular complexity index is 483. The molecule has 0 bridgehead atoms. The molecule has 0 aromatic heterocycles. The highest BCUT2D eigenvalue weighted by Gasteiger charge is 2.10. The fraction of sp³-hybridized carbons (Fsp3) is 0.529. The summed E-state index contributed by atoms with van der Waals surface area (Å²) < 4.78 is 0. The van der Waals surface area contributed by atoms with Crippen LogP contribution in [0.3, 0.4) is 0 Å². The summed E-state index contributed by atoms with van der Waals surface area (Å²) in [6.45, 7) is 3.88. The van der Waals surface area contributed by atoms with Crippen LogP contribution in [-0.4, -0.2) is 50.3 Å². The van der Waals surface area contributed by atoms with Crippen LogP contribution < -0.4 is 16.0 Å². The molecule has 1 aromatic carbocycles. The van der Waals surface area contributed by atoms with Crippen molar-refractivity contribution in [2.75, 3.05) is 33.3 Å². The quantitative estimate of drug-likeness (QED) is 0.262. The van der Waals surface area contributed by atoms with Gasteiger partial charge in [-0.2, -0.15) is 0 Å². The Balaban J connectivity index is 0.00000529. The average molecular weight is 448 g/mol.